The lowest BCUT2D eigenvalue weighted by Gasteiger charge is -2.33. The standard InChI is InChI=1S/C26H29ClF3NO4/c1-16(2)31(24(32)18-7-5-4-6-8-18)22-11-10-19(14-20(22)25(33)34-3)35-23-12-9-17(15-27)13-21(23)26(28,29)30/h9-14,16,18H,4-8,15H2,1-3H3. The maximum atomic E-state index is 13.6. The lowest BCUT2D eigenvalue weighted by molar-refractivity contribution is -0.138. The summed E-state index contributed by atoms with van der Waals surface area (Å²) in [6.07, 6.45) is -0.0449. The van der Waals surface area contributed by atoms with Crippen LogP contribution in [0.2, 0.25) is 0 Å². The molecule has 1 saturated carbocycles. The summed E-state index contributed by atoms with van der Waals surface area (Å²) in [7, 11) is 1.20. The molecule has 0 unspecified atom stereocenters. The molecular formula is C26H29ClF3NO4. The molecule has 0 saturated heterocycles. The van der Waals surface area contributed by atoms with Gasteiger partial charge in [-0.2, -0.15) is 13.2 Å². The molecule has 0 bridgehead atoms. The number of esters is 1. The molecule has 0 aliphatic heterocycles. The highest BCUT2D eigenvalue weighted by Gasteiger charge is 2.35. The highest BCUT2D eigenvalue weighted by atomic mass is 35.5. The molecule has 3 rings (SSSR count). The zero-order chi connectivity index (χ0) is 25.8. The number of carbonyl (C=O) groups is 2. The van der Waals surface area contributed by atoms with Crippen molar-refractivity contribution in [2.24, 2.45) is 5.92 Å². The second kappa shape index (κ2) is 11.3. The molecule has 0 N–H and O–H groups in total. The number of hydrogen-bond acceptors (Lipinski definition) is 4. The van der Waals surface area contributed by atoms with E-state index in [-0.39, 0.29) is 35.1 Å². The van der Waals surface area contributed by atoms with Crippen molar-refractivity contribution in [3.63, 3.8) is 0 Å². The van der Waals surface area contributed by atoms with Gasteiger partial charge in [0.1, 0.15) is 11.5 Å². The van der Waals surface area contributed by atoms with E-state index < -0.39 is 23.5 Å². The molecule has 190 valence electrons. The van der Waals surface area contributed by atoms with E-state index in [0.29, 0.717) is 11.3 Å². The van der Waals surface area contributed by atoms with Crippen LogP contribution in [0, 0.1) is 5.92 Å². The molecule has 0 spiro atoms. The fourth-order valence-electron chi connectivity index (χ4n) is 4.36. The van der Waals surface area contributed by atoms with Crippen LogP contribution in [0.25, 0.3) is 0 Å². The van der Waals surface area contributed by atoms with Crippen LogP contribution in [-0.4, -0.2) is 25.0 Å². The van der Waals surface area contributed by atoms with Gasteiger partial charge in [0.05, 0.1) is 23.9 Å². The summed E-state index contributed by atoms with van der Waals surface area (Å²) in [5, 5.41) is 0. The number of anilines is 1. The van der Waals surface area contributed by atoms with Crippen LogP contribution in [0.3, 0.4) is 0 Å². The van der Waals surface area contributed by atoms with Crippen LogP contribution >= 0.6 is 11.6 Å². The van der Waals surface area contributed by atoms with Gasteiger partial charge in [0, 0.05) is 17.8 Å². The number of nitrogens with zero attached hydrogens (tertiary/aromatic N) is 1. The predicted octanol–water partition coefficient (Wildman–Crippen LogP) is 7.34. The molecule has 1 amide bonds. The Labute approximate surface area is 208 Å². The highest BCUT2D eigenvalue weighted by molar-refractivity contribution is 6.17. The third-order valence-electron chi connectivity index (χ3n) is 6.07. The van der Waals surface area contributed by atoms with Crippen molar-refractivity contribution >= 4 is 29.2 Å². The minimum atomic E-state index is -4.66. The second-order valence-electron chi connectivity index (χ2n) is 8.87. The zero-order valence-electron chi connectivity index (χ0n) is 20.0. The average Bonchev–Trinajstić information content (AvgIpc) is 2.84. The number of rotatable bonds is 7. The first-order valence-corrected chi connectivity index (χ1v) is 12.1. The van der Waals surface area contributed by atoms with Crippen molar-refractivity contribution in [2.45, 2.75) is 64.0 Å². The van der Waals surface area contributed by atoms with Crippen molar-refractivity contribution in [1.29, 1.82) is 0 Å². The molecule has 0 atom stereocenters. The smallest absolute Gasteiger partial charge is 0.419 e. The molecule has 2 aromatic rings. The number of amides is 1. The number of halogens is 4. The third kappa shape index (κ3) is 6.28. The van der Waals surface area contributed by atoms with Gasteiger partial charge in [-0.15, -0.1) is 11.6 Å². The maximum absolute atomic E-state index is 13.6. The van der Waals surface area contributed by atoms with E-state index >= 15 is 0 Å². The first-order valence-electron chi connectivity index (χ1n) is 11.6. The Morgan fingerprint density at radius 1 is 1.09 bits per heavy atom. The Kier molecular flexibility index (Phi) is 8.70. The van der Waals surface area contributed by atoms with Crippen molar-refractivity contribution in [3.8, 4) is 11.5 Å². The van der Waals surface area contributed by atoms with Crippen LogP contribution in [0.15, 0.2) is 36.4 Å². The van der Waals surface area contributed by atoms with E-state index in [1.807, 2.05) is 13.8 Å². The molecule has 35 heavy (non-hydrogen) atoms. The lowest BCUT2D eigenvalue weighted by Crippen LogP contribution is -2.42. The first kappa shape index (κ1) is 26.9. The zero-order valence-corrected chi connectivity index (χ0v) is 20.7. The average molecular weight is 512 g/mol. The summed E-state index contributed by atoms with van der Waals surface area (Å²) in [4.78, 5) is 27.6. The van der Waals surface area contributed by atoms with Crippen LogP contribution in [-0.2, 0) is 21.6 Å². The highest BCUT2D eigenvalue weighted by Crippen LogP contribution is 2.40. The Balaban J connectivity index is 2.02. The van der Waals surface area contributed by atoms with E-state index in [1.54, 1.807) is 4.90 Å². The molecular weight excluding hydrogens is 483 g/mol. The number of alkyl halides is 4. The van der Waals surface area contributed by atoms with Gasteiger partial charge in [0.25, 0.3) is 0 Å². The normalized spacial score (nSPS) is 14.6. The molecule has 1 aliphatic rings. The minimum Gasteiger partial charge on any atom is -0.465 e. The molecule has 5 nitrogen and oxygen atoms in total. The van der Waals surface area contributed by atoms with Crippen molar-refractivity contribution in [1.82, 2.24) is 0 Å². The summed E-state index contributed by atoms with van der Waals surface area (Å²) in [5.74, 6) is -1.43. The Morgan fingerprint density at radius 2 is 1.77 bits per heavy atom. The van der Waals surface area contributed by atoms with Gasteiger partial charge in [0.15, 0.2) is 0 Å². The van der Waals surface area contributed by atoms with Gasteiger partial charge in [-0.3, -0.25) is 4.79 Å². The number of ether oxygens (including phenoxy) is 2. The quantitative estimate of drug-likeness (QED) is 0.288. The van der Waals surface area contributed by atoms with Crippen LogP contribution in [0.1, 0.15) is 67.4 Å². The van der Waals surface area contributed by atoms with Crippen LogP contribution in [0.5, 0.6) is 11.5 Å². The molecule has 9 heteroatoms. The monoisotopic (exact) mass is 511 g/mol. The fourth-order valence-corrected chi connectivity index (χ4v) is 4.52. The Hall–Kier alpha value is -2.74. The topological polar surface area (TPSA) is 55.8 Å². The van der Waals surface area contributed by atoms with E-state index in [2.05, 4.69) is 0 Å². The number of benzene rings is 2. The van der Waals surface area contributed by atoms with E-state index in [4.69, 9.17) is 21.1 Å². The Bertz CT molecular complexity index is 1070. The Morgan fingerprint density at radius 3 is 2.34 bits per heavy atom. The largest absolute Gasteiger partial charge is 0.465 e. The van der Waals surface area contributed by atoms with Crippen molar-refractivity contribution in [2.75, 3.05) is 12.0 Å². The van der Waals surface area contributed by atoms with E-state index in [0.717, 1.165) is 38.2 Å². The summed E-state index contributed by atoms with van der Waals surface area (Å²) >= 11 is 5.70. The fraction of sp³-hybridized carbons (Fsp3) is 0.462. The number of carbonyl (C=O) groups excluding carboxylic acids is 2. The summed E-state index contributed by atoms with van der Waals surface area (Å²) in [5.41, 5.74) is -0.307. The second-order valence-corrected chi connectivity index (χ2v) is 9.14. The van der Waals surface area contributed by atoms with Crippen LogP contribution in [0.4, 0.5) is 18.9 Å². The van der Waals surface area contributed by atoms with Gasteiger partial charge in [-0.05, 0) is 62.6 Å². The number of hydrogen-bond donors (Lipinski definition) is 0. The summed E-state index contributed by atoms with van der Waals surface area (Å²) in [6.45, 7) is 3.69. The summed E-state index contributed by atoms with van der Waals surface area (Å²) < 4.78 is 51.3. The minimum absolute atomic E-state index is 0.00657. The van der Waals surface area contributed by atoms with Gasteiger partial charge >= 0.3 is 12.1 Å². The molecule has 0 heterocycles. The SMILES string of the molecule is COC(=O)c1cc(Oc2ccc(CCl)cc2C(F)(F)F)ccc1N(C(=O)C1CCCCC1)C(C)C. The van der Waals surface area contributed by atoms with E-state index in [1.165, 1.54) is 37.4 Å². The van der Waals surface area contributed by atoms with Gasteiger partial charge in [-0.25, -0.2) is 4.79 Å². The maximum Gasteiger partial charge on any atom is 0.419 e. The molecule has 0 radical (unpaired) electrons. The van der Waals surface area contributed by atoms with Crippen molar-refractivity contribution in [3.05, 3.63) is 53.1 Å². The van der Waals surface area contributed by atoms with Crippen LogP contribution < -0.4 is 9.64 Å². The van der Waals surface area contributed by atoms with Gasteiger partial charge < -0.3 is 14.4 Å². The number of methoxy groups -OCH3 is 1. The van der Waals surface area contributed by atoms with Gasteiger partial charge in [0.2, 0.25) is 5.91 Å². The van der Waals surface area contributed by atoms with E-state index in [9.17, 15) is 22.8 Å². The summed E-state index contributed by atoms with van der Waals surface area (Å²) in [6, 6.07) is 7.58. The first-order chi connectivity index (χ1) is 16.6. The molecule has 1 aliphatic carbocycles. The predicted molar refractivity (Wildman–Crippen MR) is 128 cm³/mol. The third-order valence-corrected chi connectivity index (χ3v) is 6.38. The van der Waals surface area contributed by atoms with Gasteiger partial charge in [-0.1, -0.05) is 25.3 Å². The van der Waals surface area contributed by atoms with Crippen molar-refractivity contribution < 1.29 is 32.2 Å². The molecule has 0 aromatic heterocycles. The lowest BCUT2D eigenvalue weighted by atomic mass is 9.87. The molecule has 1 fully saturated rings. The molecule has 2 aromatic carbocycles.